The lowest BCUT2D eigenvalue weighted by Crippen LogP contribution is -2.47. The van der Waals surface area contributed by atoms with E-state index in [1.807, 2.05) is 9.80 Å². The van der Waals surface area contributed by atoms with Gasteiger partial charge in [0, 0.05) is 18.6 Å². The summed E-state index contributed by atoms with van der Waals surface area (Å²) in [4.78, 5) is 15.9. The Morgan fingerprint density at radius 3 is 1.71 bits per heavy atom. The van der Waals surface area contributed by atoms with Crippen LogP contribution in [-0.2, 0) is 0 Å². The fourth-order valence-electron chi connectivity index (χ4n) is 1.65. The van der Waals surface area contributed by atoms with Crippen molar-refractivity contribution in [3.63, 3.8) is 0 Å². The summed E-state index contributed by atoms with van der Waals surface area (Å²) in [5.74, 6) is 0. The number of amides is 2. The molecule has 4 heteroatoms. The van der Waals surface area contributed by atoms with E-state index in [0.29, 0.717) is 0 Å². The van der Waals surface area contributed by atoms with E-state index in [1.165, 1.54) is 0 Å². The molecule has 3 nitrogen and oxygen atoms in total. The molecule has 0 aromatic heterocycles. The van der Waals surface area contributed by atoms with E-state index in [0.717, 1.165) is 13.1 Å². The molecule has 2 amide bonds. The Morgan fingerprint density at radius 1 is 1.07 bits per heavy atom. The van der Waals surface area contributed by atoms with Gasteiger partial charge < -0.3 is 9.80 Å². The van der Waals surface area contributed by atoms with Crippen LogP contribution in [0.3, 0.4) is 0 Å². The molecular formula is C10H19IN2O. The van der Waals surface area contributed by atoms with Crippen LogP contribution >= 0.6 is 22.6 Å². The van der Waals surface area contributed by atoms with E-state index in [9.17, 15) is 4.79 Å². The molecule has 0 aromatic carbocycles. The van der Waals surface area contributed by atoms with Crippen LogP contribution in [0.1, 0.15) is 34.6 Å². The van der Waals surface area contributed by atoms with Gasteiger partial charge in [0.05, 0.1) is 3.55 Å². The standard InChI is InChI=1S/C10H19IN2O/c1-9(2,3)12-6-7-13(8(12)14)10(4,5)11/h6-7H2,1-5H3. The van der Waals surface area contributed by atoms with Gasteiger partial charge in [0.15, 0.2) is 0 Å². The van der Waals surface area contributed by atoms with E-state index in [1.54, 1.807) is 0 Å². The predicted molar refractivity (Wildman–Crippen MR) is 66.7 cm³/mol. The van der Waals surface area contributed by atoms with Crippen LogP contribution in [0, 0.1) is 0 Å². The number of hydrogen-bond donors (Lipinski definition) is 0. The molecule has 0 aliphatic carbocycles. The number of urea groups is 1. The number of alkyl halides is 1. The summed E-state index contributed by atoms with van der Waals surface area (Å²) in [7, 11) is 0. The average Bonchev–Trinajstić information content (AvgIpc) is 2.26. The fourth-order valence-corrected chi connectivity index (χ4v) is 2.10. The van der Waals surface area contributed by atoms with Gasteiger partial charge in [-0.1, -0.05) is 22.6 Å². The Labute approximate surface area is 100.0 Å². The average molecular weight is 310 g/mol. The minimum Gasteiger partial charge on any atom is -0.318 e. The van der Waals surface area contributed by atoms with Crippen molar-refractivity contribution in [1.82, 2.24) is 9.80 Å². The van der Waals surface area contributed by atoms with Crippen molar-refractivity contribution in [3.8, 4) is 0 Å². The van der Waals surface area contributed by atoms with Gasteiger partial charge in [-0.15, -0.1) is 0 Å². The number of hydrogen-bond acceptors (Lipinski definition) is 1. The zero-order valence-electron chi connectivity index (χ0n) is 9.59. The molecule has 1 saturated heterocycles. The maximum atomic E-state index is 12.0. The van der Waals surface area contributed by atoms with Crippen LogP contribution in [0.15, 0.2) is 0 Å². The lowest BCUT2D eigenvalue weighted by Gasteiger charge is -2.34. The first-order chi connectivity index (χ1) is 6.14. The topological polar surface area (TPSA) is 23.6 Å². The molecule has 1 rings (SSSR count). The molecule has 1 heterocycles. The van der Waals surface area contributed by atoms with Crippen molar-refractivity contribution in [2.24, 2.45) is 0 Å². The first kappa shape index (κ1) is 12.1. The SMILES string of the molecule is CC(C)(C)N1CCN(C(C)(C)I)C1=O. The predicted octanol–water partition coefficient (Wildman–Crippen LogP) is 2.69. The van der Waals surface area contributed by atoms with Crippen LogP contribution in [0.2, 0.25) is 0 Å². The van der Waals surface area contributed by atoms with Crippen LogP contribution < -0.4 is 0 Å². The van der Waals surface area contributed by atoms with Gasteiger partial charge >= 0.3 is 6.03 Å². The van der Waals surface area contributed by atoms with Gasteiger partial charge in [-0.05, 0) is 34.6 Å². The molecule has 0 unspecified atom stereocenters. The highest BCUT2D eigenvalue weighted by atomic mass is 127. The molecule has 0 saturated carbocycles. The molecule has 82 valence electrons. The molecule has 1 aliphatic heterocycles. The molecule has 14 heavy (non-hydrogen) atoms. The lowest BCUT2D eigenvalue weighted by atomic mass is 10.1. The third-order valence-electron chi connectivity index (χ3n) is 2.46. The summed E-state index contributed by atoms with van der Waals surface area (Å²) < 4.78 is -0.0884. The minimum atomic E-state index is -0.0884. The summed E-state index contributed by atoms with van der Waals surface area (Å²) >= 11 is 2.31. The van der Waals surface area contributed by atoms with Gasteiger partial charge in [0.25, 0.3) is 0 Å². The van der Waals surface area contributed by atoms with Crippen molar-refractivity contribution in [2.75, 3.05) is 13.1 Å². The second kappa shape index (κ2) is 3.54. The molecule has 0 radical (unpaired) electrons. The molecule has 1 fully saturated rings. The van der Waals surface area contributed by atoms with Crippen molar-refractivity contribution in [3.05, 3.63) is 0 Å². The highest BCUT2D eigenvalue weighted by Gasteiger charge is 2.40. The Bertz CT molecular complexity index is 215. The number of nitrogens with zero attached hydrogens (tertiary/aromatic N) is 2. The monoisotopic (exact) mass is 310 g/mol. The number of carbonyl (C=O) groups is 1. The van der Waals surface area contributed by atoms with E-state index in [4.69, 9.17) is 0 Å². The highest BCUT2D eigenvalue weighted by Crippen LogP contribution is 2.30. The van der Waals surface area contributed by atoms with Gasteiger partial charge in [-0.2, -0.15) is 0 Å². The van der Waals surface area contributed by atoms with E-state index in [-0.39, 0.29) is 15.1 Å². The summed E-state index contributed by atoms with van der Waals surface area (Å²) in [6, 6.07) is 0.164. The number of rotatable bonds is 1. The molecule has 0 aromatic rings. The number of halogens is 1. The zero-order chi connectivity index (χ0) is 11.1. The van der Waals surface area contributed by atoms with Crippen LogP contribution in [-0.4, -0.2) is 38.0 Å². The van der Waals surface area contributed by atoms with E-state index < -0.39 is 0 Å². The van der Waals surface area contributed by atoms with Crippen molar-refractivity contribution in [2.45, 2.75) is 43.7 Å². The van der Waals surface area contributed by atoms with Gasteiger partial charge in [-0.25, -0.2) is 4.79 Å². The van der Waals surface area contributed by atoms with Gasteiger partial charge in [-0.3, -0.25) is 0 Å². The van der Waals surface area contributed by atoms with Crippen molar-refractivity contribution in [1.29, 1.82) is 0 Å². The summed E-state index contributed by atoms with van der Waals surface area (Å²) in [5, 5.41) is 0. The zero-order valence-corrected chi connectivity index (χ0v) is 11.8. The molecule has 0 bridgehead atoms. The maximum Gasteiger partial charge on any atom is 0.321 e. The summed E-state index contributed by atoms with van der Waals surface area (Å²) in [6.45, 7) is 12.0. The van der Waals surface area contributed by atoms with Gasteiger partial charge in [0.1, 0.15) is 0 Å². The van der Waals surface area contributed by atoms with E-state index in [2.05, 4.69) is 57.2 Å². The Hall–Kier alpha value is -0.0000000000000000555. The van der Waals surface area contributed by atoms with Crippen molar-refractivity contribution < 1.29 is 4.79 Å². The molecular weight excluding hydrogens is 291 g/mol. The Balaban J connectivity index is 2.80. The van der Waals surface area contributed by atoms with Crippen LogP contribution in [0.25, 0.3) is 0 Å². The molecule has 1 aliphatic rings. The summed E-state index contributed by atoms with van der Waals surface area (Å²) in [5.41, 5.74) is -0.0618. The highest BCUT2D eigenvalue weighted by molar-refractivity contribution is 14.1. The summed E-state index contributed by atoms with van der Waals surface area (Å²) in [6.07, 6.45) is 0. The molecule has 0 atom stereocenters. The van der Waals surface area contributed by atoms with Crippen molar-refractivity contribution >= 4 is 28.6 Å². The first-order valence-electron chi connectivity index (χ1n) is 4.92. The third kappa shape index (κ3) is 2.32. The molecule has 0 N–H and O–H groups in total. The fraction of sp³-hybridized carbons (Fsp3) is 0.900. The largest absolute Gasteiger partial charge is 0.321 e. The van der Waals surface area contributed by atoms with Crippen LogP contribution in [0.4, 0.5) is 4.79 Å². The third-order valence-corrected chi connectivity index (χ3v) is 3.04. The number of carbonyl (C=O) groups excluding carboxylic acids is 1. The van der Waals surface area contributed by atoms with Gasteiger partial charge in [0.2, 0.25) is 0 Å². The second-order valence-electron chi connectivity index (χ2n) is 5.17. The smallest absolute Gasteiger partial charge is 0.318 e. The van der Waals surface area contributed by atoms with E-state index >= 15 is 0 Å². The van der Waals surface area contributed by atoms with Crippen LogP contribution in [0.5, 0.6) is 0 Å². The minimum absolute atomic E-state index is 0.0618. The Kier molecular flexibility index (Phi) is 3.05. The normalized spacial score (nSPS) is 19.4. The molecule has 0 spiro atoms. The second-order valence-corrected chi connectivity index (χ2v) is 7.81. The lowest BCUT2D eigenvalue weighted by molar-refractivity contribution is 0.148. The quantitative estimate of drug-likeness (QED) is 0.415. The maximum absolute atomic E-state index is 12.0. The Morgan fingerprint density at radius 2 is 1.50 bits per heavy atom. The first-order valence-corrected chi connectivity index (χ1v) is 6.00.